The molecule has 190 valence electrons. The van der Waals surface area contributed by atoms with Crippen molar-refractivity contribution < 1.29 is 20.1 Å². The Hall–Kier alpha value is -1.13. The van der Waals surface area contributed by atoms with Crippen LogP contribution in [0.3, 0.4) is 0 Å². The van der Waals surface area contributed by atoms with Crippen molar-refractivity contribution >= 4 is 5.97 Å². The van der Waals surface area contributed by atoms with Gasteiger partial charge in [-0.2, -0.15) is 0 Å². The number of hydrogen-bond donors (Lipinski definition) is 3. The molecule has 0 aromatic carbocycles. The van der Waals surface area contributed by atoms with E-state index in [1.807, 2.05) is 0 Å². The summed E-state index contributed by atoms with van der Waals surface area (Å²) in [6.07, 6.45) is 11.1. The van der Waals surface area contributed by atoms with Crippen molar-refractivity contribution in [3.63, 3.8) is 0 Å². The fraction of sp³-hybridized carbons (Fsp3) is 0.833. The molecule has 0 amide bonds. The van der Waals surface area contributed by atoms with Gasteiger partial charge in [-0.3, -0.25) is 4.79 Å². The monoisotopic (exact) mass is 470 g/mol. The number of carboxylic acid groups (broad SMARTS) is 1. The molecular weight excluding hydrogens is 424 g/mol. The highest BCUT2D eigenvalue weighted by molar-refractivity contribution is 5.76. The average molecular weight is 471 g/mol. The van der Waals surface area contributed by atoms with Crippen LogP contribution in [0, 0.1) is 44.3 Å². The molecule has 3 saturated carbocycles. The van der Waals surface area contributed by atoms with Crippen LogP contribution in [-0.2, 0) is 4.79 Å². The summed E-state index contributed by atoms with van der Waals surface area (Å²) < 4.78 is 0. The largest absolute Gasteiger partial charge is 0.481 e. The van der Waals surface area contributed by atoms with Crippen molar-refractivity contribution in [2.45, 2.75) is 112 Å². The van der Waals surface area contributed by atoms with E-state index in [1.165, 1.54) is 11.1 Å². The molecule has 0 heterocycles. The van der Waals surface area contributed by atoms with Crippen LogP contribution in [0.2, 0.25) is 0 Å². The van der Waals surface area contributed by atoms with Gasteiger partial charge in [0.15, 0.2) is 0 Å². The SMILES string of the molecule is CC12CCC3(C)C(=C1CC(C)(C(=O)O)C(O)C2)C=CC1C2(C)CCC(O)C(C)(C)C2CCC13C. The summed E-state index contributed by atoms with van der Waals surface area (Å²) >= 11 is 0. The summed E-state index contributed by atoms with van der Waals surface area (Å²) in [4.78, 5) is 12.3. The van der Waals surface area contributed by atoms with Gasteiger partial charge in [0, 0.05) is 0 Å². The van der Waals surface area contributed by atoms with E-state index in [9.17, 15) is 20.1 Å². The molecular formula is C30H46O4. The number of aliphatic hydroxyl groups is 2. The van der Waals surface area contributed by atoms with Gasteiger partial charge in [-0.15, -0.1) is 0 Å². The maximum Gasteiger partial charge on any atom is 0.312 e. The van der Waals surface area contributed by atoms with Crippen LogP contribution in [0.25, 0.3) is 0 Å². The van der Waals surface area contributed by atoms with Crippen molar-refractivity contribution in [1.82, 2.24) is 0 Å². The number of rotatable bonds is 1. The first-order valence-corrected chi connectivity index (χ1v) is 13.6. The van der Waals surface area contributed by atoms with Crippen LogP contribution in [0.4, 0.5) is 0 Å². The first kappa shape index (κ1) is 24.6. The minimum atomic E-state index is -1.13. The minimum absolute atomic E-state index is 0.00283. The lowest BCUT2D eigenvalue weighted by Crippen LogP contribution is -2.63. The van der Waals surface area contributed by atoms with Crippen molar-refractivity contribution in [3.8, 4) is 0 Å². The van der Waals surface area contributed by atoms with E-state index < -0.39 is 17.5 Å². The molecule has 0 aliphatic heterocycles. The predicted molar refractivity (Wildman–Crippen MR) is 134 cm³/mol. The number of carboxylic acids is 1. The van der Waals surface area contributed by atoms with Crippen molar-refractivity contribution in [1.29, 1.82) is 0 Å². The van der Waals surface area contributed by atoms with Crippen LogP contribution in [0.1, 0.15) is 99.8 Å². The molecule has 5 aliphatic rings. The highest BCUT2D eigenvalue weighted by Gasteiger charge is 2.67. The Bertz CT molecular complexity index is 978. The predicted octanol–water partition coefficient (Wildman–Crippen LogP) is 6.12. The van der Waals surface area contributed by atoms with E-state index in [0.717, 1.165) is 38.5 Å². The lowest BCUT2D eigenvalue weighted by Gasteiger charge is -2.69. The number of hydrogen-bond acceptors (Lipinski definition) is 3. The molecule has 9 unspecified atom stereocenters. The lowest BCUT2D eigenvalue weighted by atomic mass is 9.35. The molecule has 0 radical (unpaired) electrons. The van der Waals surface area contributed by atoms with E-state index in [-0.39, 0.29) is 33.2 Å². The Balaban J connectivity index is 1.65. The number of fused-ring (bicyclic) bond motifs is 6. The van der Waals surface area contributed by atoms with Crippen LogP contribution in [-0.4, -0.2) is 33.5 Å². The summed E-state index contributed by atoms with van der Waals surface area (Å²) in [6, 6.07) is 0. The molecule has 3 N–H and O–H groups in total. The van der Waals surface area contributed by atoms with Gasteiger partial charge in [-0.25, -0.2) is 0 Å². The van der Waals surface area contributed by atoms with Gasteiger partial charge in [0.05, 0.1) is 17.6 Å². The Morgan fingerprint density at radius 2 is 1.59 bits per heavy atom. The summed E-state index contributed by atoms with van der Waals surface area (Å²) in [5.41, 5.74) is 1.59. The number of aliphatic carboxylic acids is 1. The van der Waals surface area contributed by atoms with Crippen LogP contribution in [0.15, 0.2) is 23.3 Å². The smallest absolute Gasteiger partial charge is 0.312 e. The van der Waals surface area contributed by atoms with E-state index in [1.54, 1.807) is 6.92 Å². The molecule has 4 heteroatoms. The molecule has 5 aliphatic carbocycles. The maximum absolute atomic E-state index is 12.3. The fourth-order valence-electron chi connectivity index (χ4n) is 9.96. The molecule has 34 heavy (non-hydrogen) atoms. The normalized spacial score (nSPS) is 53.9. The Morgan fingerprint density at radius 3 is 2.24 bits per heavy atom. The third-order valence-electron chi connectivity index (χ3n) is 12.8. The second-order valence-electron chi connectivity index (χ2n) is 14.6. The van der Waals surface area contributed by atoms with E-state index in [2.05, 4.69) is 53.7 Å². The highest BCUT2D eigenvalue weighted by atomic mass is 16.4. The minimum Gasteiger partial charge on any atom is -0.481 e. The zero-order valence-electron chi connectivity index (χ0n) is 22.4. The van der Waals surface area contributed by atoms with Gasteiger partial charge in [0.25, 0.3) is 0 Å². The van der Waals surface area contributed by atoms with Gasteiger partial charge in [-0.1, -0.05) is 59.3 Å². The molecule has 0 spiro atoms. The number of allylic oxidation sites excluding steroid dienone is 4. The second kappa shape index (κ2) is 7.00. The van der Waals surface area contributed by atoms with Gasteiger partial charge in [0.1, 0.15) is 0 Å². The maximum atomic E-state index is 12.3. The Kier molecular flexibility index (Phi) is 5.06. The second-order valence-corrected chi connectivity index (χ2v) is 14.6. The van der Waals surface area contributed by atoms with Crippen molar-refractivity contribution in [2.24, 2.45) is 44.3 Å². The summed E-state index contributed by atoms with van der Waals surface area (Å²) in [5, 5.41) is 31.8. The van der Waals surface area contributed by atoms with E-state index in [0.29, 0.717) is 24.7 Å². The summed E-state index contributed by atoms with van der Waals surface area (Å²) in [5.74, 6) is 0.0600. The molecule has 4 nitrogen and oxygen atoms in total. The van der Waals surface area contributed by atoms with Crippen molar-refractivity contribution in [3.05, 3.63) is 23.3 Å². The third kappa shape index (κ3) is 2.76. The fourth-order valence-corrected chi connectivity index (χ4v) is 9.96. The van der Waals surface area contributed by atoms with Crippen LogP contribution >= 0.6 is 0 Å². The average Bonchev–Trinajstić information content (AvgIpc) is 2.73. The quantitative estimate of drug-likeness (QED) is 0.431. The number of carbonyl (C=O) groups is 1. The molecule has 0 aromatic heterocycles. The molecule has 9 atom stereocenters. The van der Waals surface area contributed by atoms with E-state index in [4.69, 9.17) is 0 Å². The molecule has 0 saturated heterocycles. The van der Waals surface area contributed by atoms with Gasteiger partial charge < -0.3 is 15.3 Å². The van der Waals surface area contributed by atoms with Gasteiger partial charge in [0.2, 0.25) is 0 Å². The van der Waals surface area contributed by atoms with Gasteiger partial charge in [-0.05, 0) is 103 Å². The van der Waals surface area contributed by atoms with Crippen LogP contribution < -0.4 is 0 Å². The molecule has 5 rings (SSSR count). The van der Waals surface area contributed by atoms with Gasteiger partial charge >= 0.3 is 5.97 Å². The highest BCUT2D eigenvalue weighted by Crippen LogP contribution is 2.74. The molecule has 0 aromatic rings. The topological polar surface area (TPSA) is 77.8 Å². The standard InChI is InChI=1S/C30H46O4/c1-25(2)20-10-13-30(7)21(27(20,4)12-11-22(25)31)9-8-18-19-16-28(5,24(33)34)23(32)17-26(19,3)14-15-29(18,30)6/h8-9,20-23,31-32H,10-17H2,1-7H3,(H,33,34). The summed E-state index contributed by atoms with van der Waals surface area (Å²) in [6.45, 7) is 16.0. The first-order valence-electron chi connectivity index (χ1n) is 13.6. The first-order chi connectivity index (χ1) is 15.6. The van der Waals surface area contributed by atoms with Crippen molar-refractivity contribution in [2.75, 3.05) is 0 Å². The lowest BCUT2D eigenvalue weighted by molar-refractivity contribution is -0.183. The molecule has 0 bridgehead atoms. The zero-order chi connectivity index (χ0) is 25.1. The zero-order valence-corrected chi connectivity index (χ0v) is 22.4. The Morgan fingerprint density at radius 1 is 0.912 bits per heavy atom. The third-order valence-corrected chi connectivity index (χ3v) is 12.8. The van der Waals surface area contributed by atoms with E-state index >= 15 is 0 Å². The van der Waals surface area contributed by atoms with Crippen LogP contribution in [0.5, 0.6) is 0 Å². The summed E-state index contributed by atoms with van der Waals surface area (Å²) in [7, 11) is 0. The molecule has 3 fully saturated rings. The number of aliphatic hydroxyl groups excluding tert-OH is 2. The Labute approximate surface area is 205 Å².